The Bertz CT molecular complexity index is 1460. The highest BCUT2D eigenvalue weighted by Gasteiger charge is 2.44. The van der Waals surface area contributed by atoms with Gasteiger partial charge in [0.05, 0.1) is 15.6 Å². The molecule has 2 fully saturated rings. The van der Waals surface area contributed by atoms with Gasteiger partial charge in [0.2, 0.25) is 0 Å². The van der Waals surface area contributed by atoms with E-state index in [9.17, 15) is 0 Å². The van der Waals surface area contributed by atoms with Gasteiger partial charge >= 0.3 is 0 Å². The third-order valence-electron chi connectivity index (χ3n) is 7.77. The van der Waals surface area contributed by atoms with Gasteiger partial charge in [0, 0.05) is 47.9 Å². The number of hydrogen-bond donors (Lipinski definition) is 0. The van der Waals surface area contributed by atoms with Gasteiger partial charge in [0.1, 0.15) is 17.3 Å². The van der Waals surface area contributed by atoms with E-state index in [1.54, 1.807) is 12.4 Å². The molecule has 5 nitrogen and oxygen atoms in total. The molecule has 1 aliphatic heterocycles. The zero-order chi connectivity index (χ0) is 23.6. The molecule has 3 aliphatic rings. The van der Waals surface area contributed by atoms with Gasteiger partial charge in [-0.05, 0) is 61.3 Å². The summed E-state index contributed by atoms with van der Waals surface area (Å²) < 4.78 is 5.88. The van der Waals surface area contributed by atoms with Gasteiger partial charge in [-0.25, -0.2) is 4.98 Å². The van der Waals surface area contributed by atoms with Crippen LogP contribution in [0.2, 0.25) is 10.0 Å². The van der Waals surface area contributed by atoms with Crippen LogP contribution in [0.5, 0.6) is 0 Å². The average Bonchev–Trinajstić information content (AvgIpc) is 3.62. The number of allylic oxidation sites excluding steroid dienone is 2. The SMILES string of the molecule is Clc1cncc(Cl)c1-c1noc(C2CC2)c1C1=CC2(CCN(c3ccc4ccccc4n3)CC2)C1. The first-order valence-corrected chi connectivity index (χ1v) is 13.0. The van der Waals surface area contributed by atoms with E-state index in [1.807, 2.05) is 6.07 Å². The van der Waals surface area contributed by atoms with Gasteiger partial charge in [-0.15, -0.1) is 0 Å². The van der Waals surface area contributed by atoms with E-state index >= 15 is 0 Å². The summed E-state index contributed by atoms with van der Waals surface area (Å²) in [6.07, 6.45) is 11.2. The average molecular weight is 503 g/mol. The third kappa shape index (κ3) is 3.64. The van der Waals surface area contributed by atoms with Crippen LogP contribution in [-0.2, 0) is 0 Å². The molecule has 4 aromatic rings. The maximum atomic E-state index is 6.50. The van der Waals surface area contributed by atoms with Gasteiger partial charge in [-0.3, -0.25) is 4.98 Å². The highest BCUT2D eigenvalue weighted by atomic mass is 35.5. The maximum absolute atomic E-state index is 6.50. The van der Waals surface area contributed by atoms with Crippen molar-refractivity contribution in [1.82, 2.24) is 15.1 Å². The standard InChI is InChI=1S/C28H24Cl2N4O/c29-20-15-31-16-21(30)25(20)26-24(27(35-33-26)18-5-6-18)19-13-28(14-19)9-11-34(12-10-28)23-8-7-17-3-1-2-4-22(17)32-23/h1-4,7-8,13,15-16,18H,5-6,9-12,14H2. The number of pyridine rings is 2. The fourth-order valence-electron chi connectivity index (χ4n) is 5.66. The zero-order valence-electron chi connectivity index (χ0n) is 19.2. The minimum Gasteiger partial charge on any atom is -0.360 e. The summed E-state index contributed by atoms with van der Waals surface area (Å²) in [5.74, 6) is 2.51. The Kier molecular flexibility index (Phi) is 4.94. The van der Waals surface area contributed by atoms with E-state index in [4.69, 9.17) is 32.7 Å². The maximum Gasteiger partial charge on any atom is 0.147 e. The van der Waals surface area contributed by atoms with Crippen LogP contribution in [0.15, 0.2) is 59.4 Å². The third-order valence-corrected chi connectivity index (χ3v) is 8.34. The Hall–Kier alpha value is -2.89. The number of piperidine rings is 1. The van der Waals surface area contributed by atoms with Crippen molar-refractivity contribution in [2.45, 2.75) is 38.0 Å². The van der Waals surface area contributed by atoms with Crippen LogP contribution in [-0.4, -0.2) is 28.2 Å². The number of para-hydroxylation sites is 1. The number of hydrogen-bond acceptors (Lipinski definition) is 5. The quantitative estimate of drug-likeness (QED) is 0.288. The molecular weight excluding hydrogens is 479 g/mol. The lowest BCUT2D eigenvalue weighted by Crippen LogP contribution is -2.42. The van der Waals surface area contributed by atoms with Crippen LogP contribution in [0.1, 0.15) is 49.3 Å². The molecule has 7 heteroatoms. The summed E-state index contributed by atoms with van der Waals surface area (Å²) in [4.78, 5) is 11.4. The van der Waals surface area contributed by atoms with E-state index in [2.05, 4.69) is 51.4 Å². The Labute approximate surface area is 213 Å². The molecule has 176 valence electrons. The Morgan fingerprint density at radius 2 is 1.69 bits per heavy atom. The molecule has 1 spiro atoms. The number of rotatable bonds is 4. The minimum absolute atomic E-state index is 0.226. The molecular formula is C28H24Cl2N4O. The minimum atomic E-state index is 0.226. The predicted octanol–water partition coefficient (Wildman–Crippen LogP) is 7.54. The molecule has 4 heterocycles. The van der Waals surface area contributed by atoms with Crippen molar-refractivity contribution < 1.29 is 4.52 Å². The lowest BCUT2D eigenvalue weighted by molar-refractivity contribution is 0.277. The normalized spacial score (nSPS) is 19.1. The lowest BCUT2D eigenvalue weighted by Gasteiger charge is -2.46. The molecule has 0 atom stereocenters. The van der Waals surface area contributed by atoms with Crippen LogP contribution in [0.4, 0.5) is 5.82 Å². The topological polar surface area (TPSA) is 55.1 Å². The molecule has 3 aromatic heterocycles. The number of nitrogens with zero attached hydrogens (tertiary/aromatic N) is 4. The Balaban J connectivity index is 1.16. The molecule has 1 saturated carbocycles. The van der Waals surface area contributed by atoms with Gasteiger partial charge in [-0.2, -0.15) is 0 Å². The first-order chi connectivity index (χ1) is 17.1. The Morgan fingerprint density at radius 1 is 0.943 bits per heavy atom. The first kappa shape index (κ1) is 21.4. The second-order valence-electron chi connectivity index (χ2n) is 10.1. The Morgan fingerprint density at radius 3 is 2.43 bits per heavy atom. The summed E-state index contributed by atoms with van der Waals surface area (Å²) in [7, 11) is 0. The van der Waals surface area contributed by atoms with Crippen molar-refractivity contribution in [1.29, 1.82) is 0 Å². The van der Waals surface area contributed by atoms with E-state index in [0.717, 1.165) is 73.5 Å². The fourth-order valence-corrected chi connectivity index (χ4v) is 6.20. The molecule has 1 aromatic carbocycles. The zero-order valence-corrected chi connectivity index (χ0v) is 20.7. The van der Waals surface area contributed by atoms with Crippen LogP contribution in [0.3, 0.4) is 0 Å². The van der Waals surface area contributed by atoms with Gasteiger partial charge in [-0.1, -0.05) is 52.6 Å². The lowest BCUT2D eigenvalue weighted by atomic mass is 9.63. The van der Waals surface area contributed by atoms with Crippen LogP contribution in [0.25, 0.3) is 27.7 Å². The van der Waals surface area contributed by atoms with Crippen molar-refractivity contribution >= 4 is 45.5 Å². The van der Waals surface area contributed by atoms with E-state index in [-0.39, 0.29) is 5.41 Å². The highest BCUT2D eigenvalue weighted by Crippen LogP contribution is 2.56. The van der Waals surface area contributed by atoms with Gasteiger partial charge in [0.15, 0.2) is 0 Å². The van der Waals surface area contributed by atoms with E-state index in [0.29, 0.717) is 21.5 Å². The van der Waals surface area contributed by atoms with Crippen LogP contribution in [0, 0.1) is 5.41 Å². The summed E-state index contributed by atoms with van der Waals surface area (Å²) >= 11 is 13.0. The van der Waals surface area contributed by atoms with E-state index in [1.165, 1.54) is 11.0 Å². The number of anilines is 1. The molecule has 2 aliphatic carbocycles. The number of aromatic nitrogens is 3. The molecule has 0 bridgehead atoms. The number of halogens is 2. The number of fused-ring (bicyclic) bond motifs is 1. The van der Waals surface area contributed by atoms with Crippen molar-refractivity contribution in [3.8, 4) is 11.3 Å². The predicted molar refractivity (Wildman–Crippen MR) is 140 cm³/mol. The largest absolute Gasteiger partial charge is 0.360 e. The molecule has 1 saturated heterocycles. The summed E-state index contributed by atoms with van der Waals surface area (Å²) in [6, 6.07) is 12.6. The van der Waals surface area contributed by atoms with Gasteiger partial charge in [0.25, 0.3) is 0 Å². The fraction of sp³-hybridized carbons (Fsp3) is 0.321. The first-order valence-electron chi connectivity index (χ1n) is 12.2. The summed E-state index contributed by atoms with van der Waals surface area (Å²) in [5.41, 5.74) is 5.16. The summed E-state index contributed by atoms with van der Waals surface area (Å²) in [5, 5.41) is 6.64. The smallest absolute Gasteiger partial charge is 0.147 e. The van der Waals surface area contributed by atoms with Crippen LogP contribution >= 0.6 is 23.2 Å². The second-order valence-corrected chi connectivity index (χ2v) is 10.9. The highest BCUT2D eigenvalue weighted by molar-refractivity contribution is 6.39. The number of benzene rings is 1. The van der Waals surface area contributed by atoms with Crippen molar-refractivity contribution in [3.63, 3.8) is 0 Å². The molecule has 0 amide bonds. The monoisotopic (exact) mass is 502 g/mol. The van der Waals surface area contributed by atoms with E-state index < -0.39 is 0 Å². The molecule has 7 rings (SSSR count). The molecule has 0 N–H and O–H groups in total. The summed E-state index contributed by atoms with van der Waals surface area (Å²) in [6.45, 7) is 2.01. The van der Waals surface area contributed by atoms with Crippen molar-refractivity contribution in [2.24, 2.45) is 5.41 Å². The molecule has 35 heavy (non-hydrogen) atoms. The van der Waals surface area contributed by atoms with Gasteiger partial charge < -0.3 is 9.42 Å². The van der Waals surface area contributed by atoms with Crippen LogP contribution < -0.4 is 4.90 Å². The second kappa shape index (κ2) is 8.07. The molecule has 0 radical (unpaired) electrons. The molecule has 0 unspecified atom stereocenters. The van der Waals surface area contributed by atoms with Crippen molar-refractivity contribution in [3.05, 3.63) is 76.2 Å². The van der Waals surface area contributed by atoms with Crippen molar-refractivity contribution in [2.75, 3.05) is 18.0 Å².